The van der Waals surface area contributed by atoms with Crippen molar-refractivity contribution in [1.82, 2.24) is 25.1 Å². The van der Waals surface area contributed by atoms with Crippen molar-refractivity contribution >= 4 is 17.5 Å². The van der Waals surface area contributed by atoms with Gasteiger partial charge in [0.05, 0.1) is 6.61 Å². The number of carbonyl (C=O) groups is 1. The van der Waals surface area contributed by atoms with Crippen LogP contribution in [-0.2, 0) is 16.1 Å². The van der Waals surface area contributed by atoms with Gasteiger partial charge >= 0.3 is 0 Å². The number of nitrogens with zero attached hydrogens (tertiary/aromatic N) is 5. The molecule has 0 radical (unpaired) electrons. The van der Waals surface area contributed by atoms with E-state index in [0.29, 0.717) is 30.6 Å². The summed E-state index contributed by atoms with van der Waals surface area (Å²) in [6.45, 7) is 3.95. The van der Waals surface area contributed by atoms with E-state index in [1.807, 2.05) is 24.0 Å². The standard InChI is InChI=1S/C15H18ClN5O2/c1-11-6-8-23-9-7-20(11)14(22)10-21-18-15(17-19-21)12-2-4-13(16)5-3-12/h2-5,11H,6-10H2,1H3. The molecule has 1 atom stereocenters. The van der Waals surface area contributed by atoms with Gasteiger partial charge in [0, 0.05) is 29.8 Å². The van der Waals surface area contributed by atoms with Crippen molar-refractivity contribution < 1.29 is 9.53 Å². The molecule has 1 unspecified atom stereocenters. The van der Waals surface area contributed by atoms with Gasteiger partial charge in [-0.05, 0) is 42.8 Å². The maximum atomic E-state index is 12.4. The van der Waals surface area contributed by atoms with Crippen molar-refractivity contribution in [3.05, 3.63) is 29.3 Å². The molecule has 2 aromatic rings. The van der Waals surface area contributed by atoms with Crippen LogP contribution >= 0.6 is 11.6 Å². The van der Waals surface area contributed by atoms with Crippen LogP contribution < -0.4 is 0 Å². The molecule has 1 aromatic carbocycles. The van der Waals surface area contributed by atoms with Crippen LogP contribution in [0.25, 0.3) is 11.4 Å². The minimum Gasteiger partial charge on any atom is -0.380 e. The molecule has 0 bridgehead atoms. The molecule has 0 N–H and O–H groups in total. The molecule has 1 fully saturated rings. The first-order chi connectivity index (χ1) is 11.1. The SMILES string of the molecule is CC1CCOCCN1C(=O)Cn1nnc(-c2ccc(Cl)cc2)n1. The lowest BCUT2D eigenvalue weighted by molar-refractivity contribution is -0.134. The second-order valence-corrected chi connectivity index (χ2v) is 5.92. The van der Waals surface area contributed by atoms with E-state index in [4.69, 9.17) is 16.3 Å². The summed E-state index contributed by atoms with van der Waals surface area (Å²) in [4.78, 5) is 15.6. The molecule has 122 valence electrons. The Labute approximate surface area is 139 Å². The predicted molar refractivity (Wildman–Crippen MR) is 84.9 cm³/mol. The number of rotatable bonds is 3. The van der Waals surface area contributed by atoms with Gasteiger partial charge in [-0.15, -0.1) is 10.2 Å². The highest BCUT2D eigenvalue weighted by Crippen LogP contribution is 2.17. The minimum absolute atomic E-state index is 0.0249. The van der Waals surface area contributed by atoms with E-state index in [1.54, 1.807) is 12.1 Å². The van der Waals surface area contributed by atoms with E-state index in [0.717, 1.165) is 12.0 Å². The van der Waals surface area contributed by atoms with E-state index in [9.17, 15) is 4.79 Å². The monoisotopic (exact) mass is 335 g/mol. The van der Waals surface area contributed by atoms with Crippen molar-refractivity contribution in [1.29, 1.82) is 0 Å². The van der Waals surface area contributed by atoms with E-state index >= 15 is 0 Å². The quantitative estimate of drug-likeness (QED) is 0.852. The molecule has 23 heavy (non-hydrogen) atoms. The summed E-state index contributed by atoms with van der Waals surface area (Å²) in [6.07, 6.45) is 0.840. The molecule has 0 saturated carbocycles. The largest absolute Gasteiger partial charge is 0.380 e. The van der Waals surface area contributed by atoms with Crippen molar-refractivity contribution in [3.63, 3.8) is 0 Å². The third-order valence-electron chi connectivity index (χ3n) is 3.84. The Kier molecular flexibility index (Phi) is 4.88. The van der Waals surface area contributed by atoms with Gasteiger partial charge in [-0.1, -0.05) is 11.6 Å². The molecule has 1 aliphatic heterocycles. The summed E-state index contributed by atoms with van der Waals surface area (Å²) in [6, 6.07) is 7.33. The van der Waals surface area contributed by atoms with Crippen LogP contribution in [0.4, 0.5) is 0 Å². The van der Waals surface area contributed by atoms with Gasteiger partial charge in [-0.3, -0.25) is 4.79 Å². The number of benzene rings is 1. The van der Waals surface area contributed by atoms with Crippen molar-refractivity contribution in [3.8, 4) is 11.4 Å². The number of carbonyl (C=O) groups excluding carboxylic acids is 1. The summed E-state index contributed by atoms with van der Waals surface area (Å²) in [7, 11) is 0. The van der Waals surface area contributed by atoms with E-state index in [2.05, 4.69) is 15.4 Å². The van der Waals surface area contributed by atoms with Crippen molar-refractivity contribution in [2.45, 2.75) is 25.9 Å². The zero-order valence-electron chi connectivity index (χ0n) is 12.9. The van der Waals surface area contributed by atoms with Gasteiger partial charge in [0.1, 0.15) is 6.54 Å². The smallest absolute Gasteiger partial charge is 0.246 e. The van der Waals surface area contributed by atoms with Gasteiger partial charge in [0.2, 0.25) is 11.7 Å². The third kappa shape index (κ3) is 3.86. The number of amides is 1. The number of hydrogen-bond donors (Lipinski definition) is 0. The first kappa shape index (κ1) is 15.9. The van der Waals surface area contributed by atoms with Gasteiger partial charge in [0.25, 0.3) is 0 Å². The Morgan fingerprint density at radius 2 is 2.13 bits per heavy atom. The van der Waals surface area contributed by atoms with Crippen LogP contribution in [0, 0.1) is 0 Å². The van der Waals surface area contributed by atoms with Crippen LogP contribution in [0.3, 0.4) is 0 Å². The average Bonchev–Trinajstić information content (AvgIpc) is 2.88. The van der Waals surface area contributed by atoms with Crippen molar-refractivity contribution in [2.75, 3.05) is 19.8 Å². The maximum absolute atomic E-state index is 12.4. The highest BCUT2D eigenvalue weighted by atomic mass is 35.5. The van der Waals surface area contributed by atoms with Gasteiger partial charge in [0.15, 0.2) is 0 Å². The van der Waals surface area contributed by atoms with Crippen LogP contribution in [0.5, 0.6) is 0 Å². The fraction of sp³-hybridized carbons (Fsp3) is 0.467. The highest BCUT2D eigenvalue weighted by molar-refractivity contribution is 6.30. The minimum atomic E-state index is -0.0249. The molecule has 3 rings (SSSR count). The average molecular weight is 336 g/mol. The number of halogens is 1. The van der Waals surface area contributed by atoms with Gasteiger partial charge < -0.3 is 9.64 Å². The Bertz CT molecular complexity index is 673. The lowest BCUT2D eigenvalue weighted by Gasteiger charge is -2.25. The first-order valence-electron chi connectivity index (χ1n) is 7.54. The summed E-state index contributed by atoms with van der Waals surface area (Å²) in [5, 5.41) is 12.9. The second kappa shape index (κ2) is 7.06. The molecular formula is C15H18ClN5O2. The third-order valence-corrected chi connectivity index (χ3v) is 4.09. The van der Waals surface area contributed by atoms with Crippen LogP contribution in [0.15, 0.2) is 24.3 Å². The second-order valence-electron chi connectivity index (χ2n) is 5.49. The Balaban J connectivity index is 1.68. The topological polar surface area (TPSA) is 73.1 Å². The zero-order valence-corrected chi connectivity index (χ0v) is 13.6. The normalized spacial score (nSPS) is 18.7. The Hall–Kier alpha value is -1.99. The predicted octanol–water partition coefficient (Wildman–Crippen LogP) is 1.63. The van der Waals surface area contributed by atoms with Crippen molar-refractivity contribution in [2.24, 2.45) is 0 Å². The van der Waals surface area contributed by atoms with Crippen LogP contribution in [0.1, 0.15) is 13.3 Å². The zero-order chi connectivity index (χ0) is 16.2. The van der Waals surface area contributed by atoms with E-state index in [-0.39, 0.29) is 18.5 Å². The molecule has 0 spiro atoms. The lowest BCUT2D eigenvalue weighted by atomic mass is 10.2. The van der Waals surface area contributed by atoms with Crippen LogP contribution in [-0.4, -0.2) is 56.8 Å². The molecule has 8 heteroatoms. The van der Waals surface area contributed by atoms with Crippen LogP contribution in [0.2, 0.25) is 5.02 Å². The van der Waals surface area contributed by atoms with Gasteiger partial charge in [-0.2, -0.15) is 4.80 Å². The summed E-state index contributed by atoms with van der Waals surface area (Å²) in [5.41, 5.74) is 0.810. The Morgan fingerprint density at radius 1 is 1.35 bits per heavy atom. The molecule has 1 aliphatic rings. The molecular weight excluding hydrogens is 318 g/mol. The lowest BCUT2D eigenvalue weighted by Crippen LogP contribution is -2.41. The molecule has 1 saturated heterocycles. The summed E-state index contributed by atoms with van der Waals surface area (Å²) >= 11 is 5.86. The fourth-order valence-corrected chi connectivity index (χ4v) is 2.63. The number of tetrazole rings is 1. The van der Waals surface area contributed by atoms with Gasteiger partial charge in [-0.25, -0.2) is 0 Å². The fourth-order valence-electron chi connectivity index (χ4n) is 2.50. The number of aromatic nitrogens is 4. The molecule has 1 amide bonds. The molecule has 1 aromatic heterocycles. The Morgan fingerprint density at radius 3 is 2.91 bits per heavy atom. The summed E-state index contributed by atoms with van der Waals surface area (Å²) in [5.74, 6) is 0.449. The summed E-state index contributed by atoms with van der Waals surface area (Å²) < 4.78 is 5.41. The number of ether oxygens (including phenoxy) is 1. The molecule has 2 heterocycles. The molecule has 0 aliphatic carbocycles. The maximum Gasteiger partial charge on any atom is 0.246 e. The molecule has 7 nitrogen and oxygen atoms in total. The first-order valence-corrected chi connectivity index (χ1v) is 7.92. The van der Waals surface area contributed by atoms with E-state index in [1.165, 1.54) is 4.80 Å². The highest BCUT2D eigenvalue weighted by Gasteiger charge is 2.23. The van der Waals surface area contributed by atoms with E-state index < -0.39 is 0 Å². The number of hydrogen-bond acceptors (Lipinski definition) is 5.